The molecule has 5 nitrogen and oxygen atoms in total. The predicted molar refractivity (Wildman–Crippen MR) is 89.6 cm³/mol. The van der Waals surface area contributed by atoms with Crippen molar-refractivity contribution in [2.45, 2.75) is 63.2 Å². The van der Waals surface area contributed by atoms with Crippen LogP contribution in [0.1, 0.15) is 55.4 Å². The number of halogens is 3. The molecule has 0 bridgehead atoms. The van der Waals surface area contributed by atoms with Crippen molar-refractivity contribution in [3.8, 4) is 0 Å². The minimum absolute atomic E-state index is 0.0328. The number of hydrogen-bond acceptors (Lipinski definition) is 3. The number of carbonyl (C=O) groups is 1. The topological polar surface area (TPSA) is 41.4 Å². The van der Waals surface area contributed by atoms with Crippen molar-refractivity contribution in [3.63, 3.8) is 0 Å². The second kappa shape index (κ2) is 6.55. The molecule has 0 saturated carbocycles. The van der Waals surface area contributed by atoms with Crippen LogP contribution >= 0.6 is 0 Å². The fourth-order valence-corrected chi connectivity index (χ4v) is 4.85. The van der Waals surface area contributed by atoms with Crippen LogP contribution in [-0.4, -0.2) is 57.1 Å². The molecule has 8 heteroatoms. The summed E-state index contributed by atoms with van der Waals surface area (Å²) in [7, 11) is 2.04. The van der Waals surface area contributed by atoms with Crippen LogP contribution in [0.4, 0.5) is 13.2 Å². The molecule has 1 amide bonds. The summed E-state index contributed by atoms with van der Waals surface area (Å²) in [6.07, 6.45) is 2.35. The average Bonchev–Trinajstić information content (AvgIpc) is 3.26. The molecule has 0 unspecified atom stereocenters. The molecule has 0 radical (unpaired) electrons. The van der Waals surface area contributed by atoms with Crippen molar-refractivity contribution in [1.29, 1.82) is 0 Å². The first-order chi connectivity index (χ1) is 12.3. The summed E-state index contributed by atoms with van der Waals surface area (Å²) in [5.41, 5.74) is 2.45. The molecule has 4 rings (SSSR count). The lowest BCUT2D eigenvalue weighted by molar-refractivity contribution is -0.159. The van der Waals surface area contributed by atoms with E-state index >= 15 is 0 Å². The molecule has 1 aromatic rings. The molecular weight excluding hydrogens is 345 g/mol. The molecule has 2 fully saturated rings. The molecule has 3 heterocycles. The largest absolute Gasteiger partial charge is 0.406 e. The van der Waals surface area contributed by atoms with Crippen LogP contribution in [0.3, 0.4) is 0 Å². The van der Waals surface area contributed by atoms with E-state index in [-0.39, 0.29) is 18.5 Å². The van der Waals surface area contributed by atoms with Gasteiger partial charge in [-0.25, -0.2) is 4.98 Å². The summed E-state index contributed by atoms with van der Waals surface area (Å²) in [5.74, 6) is 0.602. The van der Waals surface area contributed by atoms with Gasteiger partial charge in [-0.3, -0.25) is 9.69 Å². The fourth-order valence-electron chi connectivity index (χ4n) is 4.85. The van der Waals surface area contributed by atoms with Crippen molar-refractivity contribution in [2.75, 3.05) is 19.6 Å². The summed E-state index contributed by atoms with van der Waals surface area (Å²) in [4.78, 5) is 20.5. The molecule has 2 atom stereocenters. The molecule has 1 aliphatic carbocycles. The van der Waals surface area contributed by atoms with Crippen LogP contribution in [-0.2, 0) is 24.7 Å². The quantitative estimate of drug-likeness (QED) is 0.821. The van der Waals surface area contributed by atoms with Gasteiger partial charge in [-0.2, -0.15) is 13.2 Å². The number of imidazole rings is 1. The van der Waals surface area contributed by atoms with Crippen LogP contribution in [0.5, 0.6) is 0 Å². The molecule has 144 valence electrons. The number of nitrogens with zero attached hydrogens (tertiary/aromatic N) is 4. The Hall–Kier alpha value is -1.57. The van der Waals surface area contributed by atoms with Crippen molar-refractivity contribution >= 4 is 5.91 Å². The smallest absolute Gasteiger partial charge is 0.334 e. The van der Waals surface area contributed by atoms with E-state index in [1.54, 1.807) is 0 Å². The van der Waals surface area contributed by atoms with E-state index in [1.165, 1.54) is 12.1 Å². The third-order valence-electron chi connectivity index (χ3n) is 6.04. The number of fused-ring (bicyclic) bond motifs is 1. The second-order valence-electron chi connectivity index (χ2n) is 7.70. The molecule has 26 heavy (non-hydrogen) atoms. The highest BCUT2D eigenvalue weighted by Crippen LogP contribution is 2.37. The van der Waals surface area contributed by atoms with Crippen LogP contribution < -0.4 is 0 Å². The summed E-state index contributed by atoms with van der Waals surface area (Å²) in [6.45, 7) is -0.209. The van der Waals surface area contributed by atoms with Gasteiger partial charge in [0, 0.05) is 19.3 Å². The predicted octanol–water partition coefficient (Wildman–Crippen LogP) is 2.60. The number of aryl methyl sites for hydroxylation is 1. The van der Waals surface area contributed by atoms with E-state index in [0.717, 1.165) is 55.1 Å². The number of likely N-dealkylation sites (tertiary alicyclic amines) is 2. The first-order valence-electron chi connectivity index (χ1n) is 9.51. The van der Waals surface area contributed by atoms with Gasteiger partial charge in [-0.05, 0) is 51.5 Å². The van der Waals surface area contributed by atoms with Gasteiger partial charge < -0.3 is 9.47 Å². The molecule has 0 aromatic carbocycles. The van der Waals surface area contributed by atoms with Crippen LogP contribution in [0.15, 0.2) is 0 Å². The number of rotatable bonds is 3. The molecule has 0 N–H and O–H groups in total. The Morgan fingerprint density at radius 3 is 2.58 bits per heavy atom. The van der Waals surface area contributed by atoms with E-state index in [9.17, 15) is 18.0 Å². The summed E-state index contributed by atoms with van der Waals surface area (Å²) >= 11 is 0. The lowest BCUT2D eigenvalue weighted by Crippen LogP contribution is -2.44. The highest BCUT2D eigenvalue weighted by Gasteiger charge is 2.45. The Bertz CT molecular complexity index is 699. The number of amides is 1. The zero-order valence-electron chi connectivity index (χ0n) is 15.1. The van der Waals surface area contributed by atoms with E-state index in [1.807, 2.05) is 7.05 Å². The maximum Gasteiger partial charge on any atom is 0.406 e. The second-order valence-corrected chi connectivity index (χ2v) is 7.70. The lowest BCUT2D eigenvalue weighted by Gasteiger charge is -2.29. The van der Waals surface area contributed by atoms with E-state index in [0.29, 0.717) is 6.42 Å². The van der Waals surface area contributed by atoms with Crippen LogP contribution in [0.25, 0.3) is 0 Å². The molecular formula is C18H25F3N4O. The first kappa shape index (κ1) is 17.8. The first-order valence-corrected chi connectivity index (χ1v) is 9.51. The van der Waals surface area contributed by atoms with E-state index < -0.39 is 18.8 Å². The fraction of sp³-hybridized carbons (Fsp3) is 0.778. The monoisotopic (exact) mass is 370 g/mol. The Labute approximate surface area is 151 Å². The SMILES string of the molecule is Cn1c([C@@H]2CCCN2[C@@H]2CCN(CC(F)(F)F)C2=O)nc2c1CCCC2. The minimum atomic E-state index is -4.34. The normalized spacial score (nSPS) is 27.4. The molecule has 2 saturated heterocycles. The van der Waals surface area contributed by atoms with Crippen molar-refractivity contribution in [2.24, 2.45) is 7.05 Å². The highest BCUT2D eigenvalue weighted by molar-refractivity contribution is 5.84. The van der Waals surface area contributed by atoms with Gasteiger partial charge in [0.25, 0.3) is 0 Å². The Balaban J connectivity index is 1.54. The van der Waals surface area contributed by atoms with Gasteiger partial charge in [0.2, 0.25) is 5.91 Å². The van der Waals surface area contributed by atoms with Gasteiger partial charge in [0.15, 0.2) is 0 Å². The van der Waals surface area contributed by atoms with E-state index in [4.69, 9.17) is 4.98 Å². The molecule has 0 spiro atoms. The minimum Gasteiger partial charge on any atom is -0.334 e. The number of aromatic nitrogens is 2. The third-order valence-corrected chi connectivity index (χ3v) is 6.04. The third kappa shape index (κ3) is 3.12. The summed E-state index contributed by atoms with van der Waals surface area (Å²) < 4.78 is 40.2. The molecule has 1 aromatic heterocycles. The van der Waals surface area contributed by atoms with Gasteiger partial charge in [0.1, 0.15) is 12.4 Å². The molecule has 2 aliphatic heterocycles. The van der Waals surface area contributed by atoms with Gasteiger partial charge >= 0.3 is 6.18 Å². The van der Waals surface area contributed by atoms with Crippen LogP contribution in [0, 0.1) is 0 Å². The molecule has 3 aliphatic rings. The highest BCUT2D eigenvalue weighted by atomic mass is 19.4. The van der Waals surface area contributed by atoms with Crippen molar-refractivity contribution in [3.05, 3.63) is 17.2 Å². The van der Waals surface area contributed by atoms with Crippen molar-refractivity contribution in [1.82, 2.24) is 19.4 Å². The number of carbonyl (C=O) groups excluding carboxylic acids is 1. The number of alkyl halides is 3. The zero-order valence-corrected chi connectivity index (χ0v) is 15.1. The van der Waals surface area contributed by atoms with Crippen molar-refractivity contribution < 1.29 is 18.0 Å². The Kier molecular flexibility index (Phi) is 4.49. The number of hydrogen-bond donors (Lipinski definition) is 0. The Morgan fingerprint density at radius 1 is 1.08 bits per heavy atom. The van der Waals surface area contributed by atoms with Gasteiger partial charge in [-0.15, -0.1) is 0 Å². The summed E-state index contributed by atoms with van der Waals surface area (Å²) in [6, 6.07) is -0.413. The summed E-state index contributed by atoms with van der Waals surface area (Å²) in [5, 5.41) is 0. The van der Waals surface area contributed by atoms with Gasteiger partial charge in [0.05, 0.1) is 17.8 Å². The Morgan fingerprint density at radius 2 is 1.85 bits per heavy atom. The maximum absolute atomic E-state index is 12.7. The average molecular weight is 370 g/mol. The van der Waals surface area contributed by atoms with Gasteiger partial charge in [-0.1, -0.05) is 0 Å². The maximum atomic E-state index is 12.7. The zero-order chi connectivity index (χ0) is 18.5. The lowest BCUT2D eigenvalue weighted by atomic mass is 10.0. The van der Waals surface area contributed by atoms with Crippen LogP contribution in [0.2, 0.25) is 0 Å². The standard InChI is InChI=1S/C18H25F3N4O/c1-23-13-6-3-2-5-12(13)22-16(23)14-7-4-9-25(14)15-8-10-24(17(15)26)11-18(19,20)21/h14-15H,2-11H2,1H3/t14-,15+/m0/s1. The van der Waals surface area contributed by atoms with E-state index in [2.05, 4.69) is 9.47 Å².